The van der Waals surface area contributed by atoms with Gasteiger partial charge in [0.2, 0.25) is 0 Å². The van der Waals surface area contributed by atoms with Gasteiger partial charge in [0.05, 0.1) is 18.5 Å². The molecule has 0 unspecified atom stereocenters. The van der Waals surface area contributed by atoms with Crippen molar-refractivity contribution in [2.45, 2.75) is 6.92 Å². The first kappa shape index (κ1) is 13.7. The molecule has 1 aliphatic heterocycles. The third-order valence-electron chi connectivity index (χ3n) is 4.01. The van der Waals surface area contributed by atoms with Crippen LogP contribution in [0.1, 0.15) is 5.56 Å². The van der Waals surface area contributed by atoms with Crippen molar-refractivity contribution < 1.29 is 9.47 Å². The highest BCUT2D eigenvalue weighted by Crippen LogP contribution is 2.50. The summed E-state index contributed by atoms with van der Waals surface area (Å²) in [6.45, 7) is 2.09. The van der Waals surface area contributed by atoms with Gasteiger partial charge >= 0.3 is 0 Å². The SMILES string of the molecule is COc1ccc(N2c3ccccc3Oc3ccc(C)cc32)cc1. The van der Waals surface area contributed by atoms with Gasteiger partial charge in [-0.05, 0) is 61.0 Å². The highest BCUT2D eigenvalue weighted by atomic mass is 16.5. The van der Waals surface area contributed by atoms with Gasteiger partial charge in [0, 0.05) is 5.69 Å². The van der Waals surface area contributed by atoms with Gasteiger partial charge in [-0.15, -0.1) is 0 Å². The number of rotatable bonds is 2. The van der Waals surface area contributed by atoms with E-state index < -0.39 is 0 Å². The number of para-hydroxylation sites is 2. The predicted molar refractivity (Wildman–Crippen MR) is 92.5 cm³/mol. The molecule has 0 amide bonds. The molecule has 0 bridgehead atoms. The fourth-order valence-electron chi connectivity index (χ4n) is 2.87. The van der Waals surface area contributed by atoms with Gasteiger partial charge < -0.3 is 14.4 Å². The Hall–Kier alpha value is -2.94. The molecular weight excluding hydrogens is 286 g/mol. The molecule has 3 heteroatoms. The molecule has 3 aromatic rings. The first-order chi connectivity index (χ1) is 11.3. The van der Waals surface area contributed by atoms with Crippen LogP contribution < -0.4 is 14.4 Å². The van der Waals surface area contributed by atoms with Crippen LogP contribution >= 0.6 is 0 Å². The molecule has 4 rings (SSSR count). The third kappa shape index (κ3) is 2.30. The average molecular weight is 303 g/mol. The van der Waals surface area contributed by atoms with E-state index in [9.17, 15) is 0 Å². The molecule has 0 radical (unpaired) electrons. The number of anilines is 3. The summed E-state index contributed by atoms with van der Waals surface area (Å²) in [5.41, 5.74) is 4.36. The summed E-state index contributed by atoms with van der Waals surface area (Å²) in [6.07, 6.45) is 0. The summed E-state index contributed by atoms with van der Waals surface area (Å²) in [7, 11) is 1.68. The second-order valence-electron chi connectivity index (χ2n) is 5.57. The van der Waals surface area contributed by atoms with Crippen LogP contribution in [0.15, 0.2) is 66.7 Å². The van der Waals surface area contributed by atoms with E-state index >= 15 is 0 Å². The van der Waals surface area contributed by atoms with Crippen molar-refractivity contribution in [3.8, 4) is 17.2 Å². The number of nitrogens with zero attached hydrogens (tertiary/aromatic N) is 1. The van der Waals surface area contributed by atoms with Crippen molar-refractivity contribution in [3.63, 3.8) is 0 Å². The van der Waals surface area contributed by atoms with Crippen molar-refractivity contribution in [2.75, 3.05) is 12.0 Å². The quantitative estimate of drug-likeness (QED) is 0.482. The fraction of sp³-hybridized carbons (Fsp3) is 0.100. The van der Waals surface area contributed by atoms with E-state index in [0.29, 0.717) is 0 Å². The molecule has 0 atom stereocenters. The highest BCUT2D eigenvalue weighted by molar-refractivity contribution is 5.86. The summed E-state index contributed by atoms with van der Waals surface area (Å²) in [4.78, 5) is 2.22. The smallest absolute Gasteiger partial charge is 0.151 e. The summed E-state index contributed by atoms with van der Waals surface area (Å²) >= 11 is 0. The Balaban J connectivity index is 1.91. The van der Waals surface area contributed by atoms with Gasteiger partial charge in [0.1, 0.15) is 5.75 Å². The minimum atomic E-state index is 0.847. The first-order valence-corrected chi connectivity index (χ1v) is 7.58. The Labute approximate surface area is 135 Å². The molecule has 0 N–H and O–H groups in total. The zero-order valence-electron chi connectivity index (χ0n) is 13.1. The fourth-order valence-corrected chi connectivity index (χ4v) is 2.87. The normalized spacial score (nSPS) is 12.2. The van der Waals surface area contributed by atoms with E-state index in [4.69, 9.17) is 9.47 Å². The van der Waals surface area contributed by atoms with E-state index in [0.717, 1.165) is 34.3 Å². The van der Waals surface area contributed by atoms with E-state index in [-0.39, 0.29) is 0 Å². The van der Waals surface area contributed by atoms with E-state index in [1.54, 1.807) is 7.11 Å². The number of hydrogen-bond donors (Lipinski definition) is 0. The van der Waals surface area contributed by atoms with Crippen LogP contribution in [0.3, 0.4) is 0 Å². The number of fused-ring (bicyclic) bond motifs is 2. The van der Waals surface area contributed by atoms with Crippen molar-refractivity contribution in [1.82, 2.24) is 0 Å². The Morgan fingerprint density at radius 1 is 0.826 bits per heavy atom. The topological polar surface area (TPSA) is 21.7 Å². The number of methoxy groups -OCH3 is 1. The van der Waals surface area contributed by atoms with Gasteiger partial charge in [-0.2, -0.15) is 0 Å². The molecule has 3 nitrogen and oxygen atoms in total. The standard InChI is InChI=1S/C20H17NO2/c1-14-7-12-20-18(13-14)21(15-8-10-16(22-2)11-9-15)17-5-3-4-6-19(17)23-20/h3-13H,1-2H3. The van der Waals surface area contributed by atoms with Gasteiger partial charge in [-0.1, -0.05) is 18.2 Å². The van der Waals surface area contributed by atoms with Gasteiger partial charge in [0.25, 0.3) is 0 Å². The molecular formula is C20H17NO2. The molecule has 0 aromatic heterocycles. The number of hydrogen-bond acceptors (Lipinski definition) is 3. The number of aryl methyl sites for hydroxylation is 1. The van der Waals surface area contributed by atoms with Crippen LogP contribution in [-0.4, -0.2) is 7.11 Å². The summed E-state index contributed by atoms with van der Waals surface area (Å²) in [6, 6.07) is 22.4. The molecule has 0 saturated carbocycles. The van der Waals surface area contributed by atoms with Crippen molar-refractivity contribution in [1.29, 1.82) is 0 Å². The zero-order chi connectivity index (χ0) is 15.8. The molecule has 0 saturated heterocycles. The van der Waals surface area contributed by atoms with Crippen LogP contribution in [0.25, 0.3) is 0 Å². The lowest BCUT2D eigenvalue weighted by Crippen LogP contribution is -2.15. The molecule has 1 aliphatic rings. The van der Waals surface area contributed by atoms with E-state index in [2.05, 4.69) is 42.2 Å². The van der Waals surface area contributed by atoms with Gasteiger partial charge in [0.15, 0.2) is 11.5 Å². The lowest BCUT2D eigenvalue weighted by Gasteiger charge is -2.33. The summed E-state index contributed by atoms with van der Waals surface area (Å²) in [5, 5.41) is 0. The second-order valence-corrected chi connectivity index (χ2v) is 5.57. The third-order valence-corrected chi connectivity index (χ3v) is 4.01. The minimum absolute atomic E-state index is 0.847. The Morgan fingerprint density at radius 2 is 1.57 bits per heavy atom. The van der Waals surface area contributed by atoms with Crippen molar-refractivity contribution >= 4 is 17.1 Å². The first-order valence-electron chi connectivity index (χ1n) is 7.58. The van der Waals surface area contributed by atoms with Crippen molar-refractivity contribution in [3.05, 3.63) is 72.3 Å². The molecule has 0 spiro atoms. The maximum atomic E-state index is 6.06. The molecule has 0 aliphatic carbocycles. The van der Waals surface area contributed by atoms with E-state index in [1.165, 1.54) is 5.56 Å². The summed E-state index contributed by atoms with van der Waals surface area (Å²) in [5.74, 6) is 2.57. The number of ether oxygens (including phenoxy) is 2. The average Bonchev–Trinajstić information content (AvgIpc) is 2.60. The Morgan fingerprint density at radius 3 is 2.35 bits per heavy atom. The molecule has 0 fully saturated rings. The molecule has 1 heterocycles. The van der Waals surface area contributed by atoms with Crippen LogP contribution in [-0.2, 0) is 0 Å². The lowest BCUT2D eigenvalue weighted by molar-refractivity contribution is 0.415. The number of benzene rings is 3. The lowest BCUT2D eigenvalue weighted by atomic mass is 10.1. The van der Waals surface area contributed by atoms with Crippen LogP contribution in [0.5, 0.6) is 17.2 Å². The molecule has 3 aromatic carbocycles. The van der Waals surface area contributed by atoms with E-state index in [1.807, 2.05) is 36.4 Å². The van der Waals surface area contributed by atoms with Crippen molar-refractivity contribution in [2.24, 2.45) is 0 Å². The van der Waals surface area contributed by atoms with Gasteiger partial charge in [-0.25, -0.2) is 0 Å². The Bertz CT molecular complexity index is 856. The minimum Gasteiger partial charge on any atom is -0.497 e. The maximum Gasteiger partial charge on any atom is 0.151 e. The molecule has 114 valence electrons. The predicted octanol–water partition coefficient (Wildman–Crippen LogP) is 5.58. The Kier molecular flexibility index (Phi) is 3.19. The van der Waals surface area contributed by atoms with Crippen LogP contribution in [0.2, 0.25) is 0 Å². The maximum absolute atomic E-state index is 6.06. The second kappa shape index (κ2) is 5.36. The highest BCUT2D eigenvalue weighted by Gasteiger charge is 2.25. The summed E-state index contributed by atoms with van der Waals surface area (Å²) < 4.78 is 11.3. The largest absolute Gasteiger partial charge is 0.497 e. The monoisotopic (exact) mass is 303 g/mol. The molecule has 23 heavy (non-hydrogen) atoms. The van der Waals surface area contributed by atoms with Gasteiger partial charge in [-0.3, -0.25) is 0 Å². The zero-order valence-corrected chi connectivity index (χ0v) is 13.1. The van der Waals surface area contributed by atoms with Crippen LogP contribution in [0, 0.1) is 6.92 Å². The van der Waals surface area contributed by atoms with Crippen LogP contribution in [0.4, 0.5) is 17.1 Å².